The number of rotatable bonds is 14. The largest absolute Gasteiger partial charge is 0.457 e. The second kappa shape index (κ2) is 17.4. The molecular weight excluding hydrogens is 776 g/mol. The molecule has 3 aliphatic rings. The standard InChI is InChI=1S/C43H43FN8O6S/c44-37-32(20-18-30-35(37)43(57)51(42(30)56)31-19-21-33(53)48-41(31)55)59-23-8-3-1-2-7-13-34(54)50-22-9-10-27(24-50)52-40-36(39(45)46-25-47-40)38(49-52)26-14-16-29(17-15-26)58-28-11-5-4-6-12-28/h4-6,11-12,14-18,20,25,27,31H,1-3,7-10,13,19,21-24H2,(H2,45,46,47)(H,48,53,55)/t27-,31?/m1/s1. The lowest BCUT2D eigenvalue weighted by atomic mass is 10.0. The van der Waals surface area contributed by atoms with Gasteiger partial charge in [-0.3, -0.25) is 34.2 Å². The molecule has 5 heterocycles. The summed E-state index contributed by atoms with van der Waals surface area (Å²) in [7, 11) is 0. The zero-order valence-corrected chi connectivity index (χ0v) is 33.1. The minimum Gasteiger partial charge on any atom is -0.457 e. The first-order chi connectivity index (χ1) is 28.7. The number of nitrogens with zero attached hydrogens (tertiary/aromatic N) is 6. The molecule has 0 aliphatic carbocycles. The maximum Gasteiger partial charge on any atom is 0.265 e. The maximum atomic E-state index is 15.5. The molecular formula is C43H43FN8O6S. The van der Waals surface area contributed by atoms with Crippen molar-refractivity contribution >= 4 is 58.1 Å². The van der Waals surface area contributed by atoms with Gasteiger partial charge in [-0.25, -0.2) is 19.0 Å². The highest BCUT2D eigenvalue weighted by Crippen LogP contribution is 2.36. The Labute approximate surface area is 343 Å². The second-order valence-electron chi connectivity index (χ2n) is 14.9. The number of para-hydroxylation sites is 1. The van der Waals surface area contributed by atoms with Crippen molar-refractivity contribution in [2.75, 3.05) is 24.6 Å². The highest BCUT2D eigenvalue weighted by Gasteiger charge is 2.46. The average molecular weight is 819 g/mol. The van der Waals surface area contributed by atoms with Gasteiger partial charge in [0, 0.05) is 36.4 Å². The first-order valence-electron chi connectivity index (χ1n) is 19.9. The fourth-order valence-electron chi connectivity index (χ4n) is 8.00. The topological polar surface area (TPSA) is 183 Å². The molecule has 59 heavy (non-hydrogen) atoms. The summed E-state index contributed by atoms with van der Waals surface area (Å²) in [5, 5.41) is 7.83. The Morgan fingerprint density at radius 2 is 1.66 bits per heavy atom. The first kappa shape index (κ1) is 39.7. The van der Waals surface area contributed by atoms with E-state index in [0.29, 0.717) is 53.6 Å². The number of likely N-dealkylation sites (tertiary alicyclic amines) is 1. The summed E-state index contributed by atoms with van der Waals surface area (Å²) >= 11 is 1.27. The quantitative estimate of drug-likeness (QED) is 0.0691. The van der Waals surface area contributed by atoms with Crippen LogP contribution >= 0.6 is 11.8 Å². The molecule has 0 radical (unpaired) electrons. The van der Waals surface area contributed by atoms with E-state index in [9.17, 15) is 24.0 Å². The fraction of sp³-hybridized carbons (Fsp3) is 0.349. The monoisotopic (exact) mass is 818 g/mol. The van der Waals surface area contributed by atoms with E-state index in [1.165, 1.54) is 30.2 Å². The first-order valence-corrected chi connectivity index (χ1v) is 20.9. The van der Waals surface area contributed by atoms with Gasteiger partial charge in [0.1, 0.15) is 41.2 Å². The Kier molecular flexibility index (Phi) is 11.7. The molecule has 8 rings (SSSR count). The van der Waals surface area contributed by atoms with Crippen LogP contribution in [0, 0.1) is 5.82 Å². The lowest BCUT2D eigenvalue weighted by molar-refractivity contribution is -0.136. The van der Waals surface area contributed by atoms with Crippen molar-refractivity contribution in [2.45, 2.75) is 81.2 Å². The molecule has 3 N–H and O–H groups in total. The van der Waals surface area contributed by atoms with Crippen molar-refractivity contribution in [1.29, 1.82) is 0 Å². The molecule has 2 saturated heterocycles. The molecule has 1 unspecified atom stereocenters. The van der Waals surface area contributed by atoms with E-state index in [-0.39, 0.29) is 40.8 Å². The molecule has 3 aliphatic heterocycles. The number of amides is 5. The van der Waals surface area contributed by atoms with Gasteiger partial charge in [0.25, 0.3) is 11.8 Å². The van der Waals surface area contributed by atoms with Crippen LogP contribution in [0.2, 0.25) is 0 Å². The third-order valence-electron chi connectivity index (χ3n) is 11.0. The molecule has 5 aromatic rings. The van der Waals surface area contributed by atoms with Gasteiger partial charge in [-0.15, -0.1) is 11.8 Å². The number of nitrogens with one attached hydrogen (secondary N) is 1. The molecule has 16 heteroatoms. The third kappa shape index (κ3) is 8.26. The minimum atomic E-state index is -1.15. The molecule has 2 fully saturated rings. The molecule has 0 spiro atoms. The number of nitrogen functional groups attached to an aromatic ring is 1. The van der Waals surface area contributed by atoms with Crippen molar-refractivity contribution in [1.82, 2.24) is 34.9 Å². The van der Waals surface area contributed by atoms with Crippen molar-refractivity contribution < 1.29 is 33.1 Å². The Balaban J connectivity index is 0.800. The summed E-state index contributed by atoms with van der Waals surface area (Å²) < 4.78 is 23.4. The van der Waals surface area contributed by atoms with Crippen LogP contribution in [0.5, 0.6) is 11.5 Å². The maximum absolute atomic E-state index is 15.5. The number of halogens is 1. The van der Waals surface area contributed by atoms with Crippen LogP contribution in [-0.4, -0.2) is 84.0 Å². The van der Waals surface area contributed by atoms with E-state index in [0.717, 1.165) is 61.2 Å². The smallest absolute Gasteiger partial charge is 0.265 e. The Morgan fingerprint density at radius 3 is 2.46 bits per heavy atom. The predicted molar refractivity (Wildman–Crippen MR) is 218 cm³/mol. The summed E-state index contributed by atoms with van der Waals surface area (Å²) in [5.41, 5.74) is 8.15. The van der Waals surface area contributed by atoms with E-state index in [1.807, 2.05) is 64.2 Å². The summed E-state index contributed by atoms with van der Waals surface area (Å²) in [4.78, 5) is 75.1. The number of carbonyl (C=O) groups excluding carboxylic acids is 5. The lowest BCUT2D eigenvalue weighted by Crippen LogP contribution is -2.54. The number of unbranched alkanes of at least 4 members (excludes halogenated alkanes) is 4. The molecule has 14 nitrogen and oxygen atoms in total. The van der Waals surface area contributed by atoms with Crippen molar-refractivity contribution in [3.8, 4) is 22.8 Å². The summed E-state index contributed by atoms with van der Waals surface area (Å²) in [6.07, 6.45) is 7.82. The molecule has 5 amide bonds. The van der Waals surface area contributed by atoms with Crippen molar-refractivity contribution in [2.24, 2.45) is 0 Å². The number of nitrogens with two attached hydrogens (primary N) is 1. The molecule has 2 atom stereocenters. The van der Waals surface area contributed by atoms with Crippen LogP contribution in [0.25, 0.3) is 22.3 Å². The van der Waals surface area contributed by atoms with E-state index >= 15 is 4.39 Å². The number of carbonyl (C=O) groups is 5. The van der Waals surface area contributed by atoms with Gasteiger partial charge in [0.15, 0.2) is 5.65 Å². The number of aromatic nitrogens is 4. The van der Waals surface area contributed by atoms with Gasteiger partial charge < -0.3 is 15.4 Å². The molecule has 304 valence electrons. The summed E-state index contributed by atoms with van der Waals surface area (Å²) in [6, 6.07) is 18.9. The number of imide groups is 2. The van der Waals surface area contributed by atoms with Gasteiger partial charge in [-0.05, 0) is 86.4 Å². The number of benzene rings is 3. The third-order valence-corrected chi connectivity index (χ3v) is 12.1. The predicted octanol–water partition coefficient (Wildman–Crippen LogP) is 6.70. The number of thioether (sulfide) groups is 1. The van der Waals surface area contributed by atoms with Crippen molar-refractivity contribution in [3.05, 3.63) is 90.0 Å². The number of ether oxygens (including phenoxy) is 1. The SMILES string of the molecule is Nc1ncnc2c1c(-c1ccc(Oc3ccccc3)cc1)nn2[C@@H]1CCCN(C(=O)CCCCCCCSc2ccc3c(c2F)C(=O)N(C2CCC(=O)NC2=O)C3=O)C1. The van der Waals surface area contributed by atoms with Gasteiger partial charge in [-0.1, -0.05) is 37.5 Å². The number of piperidine rings is 2. The Bertz CT molecular complexity index is 2430. The number of hydrogen-bond donors (Lipinski definition) is 2. The van der Waals surface area contributed by atoms with Gasteiger partial charge >= 0.3 is 0 Å². The number of anilines is 1. The molecule has 0 bridgehead atoms. The van der Waals surface area contributed by atoms with Gasteiger partial charge in [0.05, 0.1) is 22.6 Å². The highest BCUT2D eigenvalue weighted by molar-refractivity contribution is 7.99. The highest BCUT2D eigenvalue weighted by atomic mass is 32.2. The number of hydrogen-bond acceptors (Lipinski definition) is 11. The van der Waals surface area contributed by atoms with Crippen LogP contribution in [-0.2, 0) is 14.4 Å². The lowest BCUT2D eigenvalue weighted by Gasteiger charge is -2.33. The van der Waals surface area contributed by atoms with Gasteiger partial charge in [0.2, 0.25) is 17.7 Å². The normalized spacial score (nSPS) is 18.1. The Morgan fingerprint density at radius 1 is 0.898 bits per heavy atom. The van der Waals surface area contributed by atoms with Crippen LogP contribution in [0.15, 0.2) is 78.0 Å². The van der Waals surface area contributed by atoms with Crippen LogP contribution in [0.4, 0.5) is 10.2 Å². The van der Waals surface area contributed by atoms with E-state index in [1.54, 1.807) is 0 Å². The Hall–Kier alpha value is -6.16. The molecule has 3 aromatic carbocycles. The summed E-state index contributed by atoms with van der Waals surface area (Å²) in [6.45, 7) is 1.21. The average Bonchev–Trinajstić information content (AvgIpc) is 3.76. The van der Waals surface area contributed by atoms with Crippen LogP contribution in [0.1, 0.15) is 91.0 Å². The molecule has 0 saturated carbocycles. The van der Waals surface area contributed by atoms with Gasteiger partial charge in [-0.2, -0.15) is 5.10 Å². The minimum absolute atomic E-state index is 0.00728. The van der Waals surface area contributed by atoms with E-state index < -0.39 is 35.5 Å². The van der Waals surface area contributed by atoms with E-state index in [4.69, 9.17) is 15.6 Å². The van der Waals surface area contributed by atoms with Crippen LogP contribution in [0.3, 0.4) is 0 Å². The fourth-order valence-corrected chi connectivity index (χ4v) is 8.96. The second-order valence-corrected chi connectivity index (χ2v) is 16.1. The van der Waals surface area contributed by atoms with Crippen molar-refractivity contribution in [3.63, 3.8) is 0 Å². The molecule has 2 aromatic heterocycles. The zero-order chi connectivity index (χ0) is 41.0. The van der Waals surface area contributed by atoms with E-state index in [2.05, 4.69) is 15.3 Å². The van der Waals surface area contributed by atoms with Crippen LogP contribution < -0.4 is 15.8 Å². The summed E-state index contributed by atoms with van der Waals surface area (Å²) in [5.74, 6) is -1.06. The zero-order valence-electron chi connectivity index (χ0n) is 32.3. The number of fused-ring (bicyclic) bond motifs is 2.